The molecule has 0 spiro atoms. The van der Waals surface area contributed by atoms with E-state index in [0.717, 1.165) is 23.6 Å². The number of carboxylic acids is 1. The molecule has 0 saturated heterocycles. The molecule has 2 aromatic heterocycles. The summed E-state index contributed by atoms with van der Waals surface area (Å²) in [6.45, 7) is 1.66. The zero-order valence-corrected chi connectivity index (χ0v) is 11.0. The van der Waals surface area contributed by atoms with Gasteiger partial charge in [0, 0.05) is 6.07 Å². The van der Waals surface area contributed by atoms with Gasteiger partial charge in [-0.1, -0.05) is 0 Å². The summed E-state index contributed by atoms with van der Waals surface area (Å²) in [6.07, 6.45) is 1.09. The Balaban J connectivity index is 2.25. The largest absolute Gasteiger partial charge is 0.477 e. The fourth-order valence-electron chi connectivity index (χ4n) is 1.56. The lowest BCUT2D eigenvalue weighted by atomic mass is 10.2. The molecule has 0 radical (unpaired) electrons. The standard InChI is InChI=1S/C11H9N3O5S/c1-5-4-20-9(11(16)17)8(5)13-10(15)7-2-6(3-12-7)14(18)19/h2-4,12H,1H3,(H,13,15)(H,16,17). The lowest BCUT2D eigenvalue weighted by Crippen LogP contribution is -2.14. The quantitative estimate of drug-likeness (QED) is 0.589. The van der Waals surface area contributed by atoms with Crippen LogP contribution in [0.4, 0.5) is 11.4 Å². The molecule has 0 aliphatic heterocycles. The van der Waals surface area contributed by atoms with E-state index in [1.807, 2.05) is 0 Å². The Bertz CT molecular complexity index is 703. The summed E-state index contributed by atoms with van der Waals surface area (Å²) in [6, 6.07) is 1.08. The molecular formula is C11H9N3O5S. The van der Waals surface area contributed by atoms with Crippen molar-refractivity contribution in [3.05, 3.63) is 43.9 Å². The van der Waals surface area contributed by atoms with Crippen LogP contribution in [0.25, 0.3) is 0 Å². The zero-order valence-electron chi connectivity index (χ0n) is 10.2. The molecule has 0 fully saturated rings. The third kappa shape index (κ3) is 2.52. The number of aromatic carboxylic acids is 1. The number of amides is 1. The Morgan fingerprint density at radius 1 is 1.50 bits per heavy atom. The smallest absolute Gasteiger partial charge is 0.348 e. The number of nitrogens with one attached hydrogen (secondary N) is 2. The number of aromatic nitrogens is 1. The second-order valence-electron chi connectivity index (χ2n) is 3.91. The minimum atomic E-state index is -1.14. The Morgan fingerprint density at radius 2 is 2.20 bits per heavy atom. The van der Waals surface area contributed by atoms with E-state index in [1.165, 1.54) is 0 Å². The number of carboxylic acid groups (broad SMARTS) is 1. The predicted molar refractivity (Wildman–Crippen MR) is 71.4 cm³/mol. The maximum Gasteiger partial charge on any atom is 0.348 e. The van der Waals surface area contributed by atoms with Crippen LogP contribution in [0.15, 0.2) is 17.6 Å². The highest BCUT2D eigenvalue weighted by molar-refractivity contribution is 7.12. The van der Waals surface area contributed by atoms with Crippen LogP contribution in [-0.2, 0) is 0 Å². The lowest BCUT2D eigenvalue weighted by molar-refractivity contribution is -0.384. The molecule has 3 N–H and O–H groups in total. The van der Waals surface area contributed by atoms with Gasteiger partial charge in [0.25, 0.3) is 11.6 Å². The van der Waals surface area contributed by atoms with Gasteiger partial charge < -0.3 is 15.4 Å². The third-order valence-electron chi connectivity index (χ3n) is 2.53. The molecule has 104 valence electrons. The molecule has 2 aromatic rings. The number of aryl methyl sites for hydroxylation is 1. The minimum Gasteiger partial charge on any atom is -0.477 e. The summed E-state index contributed by atoms with van der Waals surface area (Å²) in [5.41, 5.74) is 0.556. The number of aromatic amines is 1. The van der Waals surface area contributed by atoms with Crippen molar-refractivity contribution in [2.75, 3.05) is 5.32 Å². The molecule has 20 heavy (non-hydrogen) atoms. The predicted octanol–water partition coefficient (Wildman–Crippen LogP) is 2.24. The molecule has 0 atom stereocenters. The average Bonchev–Trinajstić information content (AvgIpc) is 2.97. The van der Waals surface area contributed by atoms with Crippen LogP contribution >= 0.6 is 11.3 Å². The second-order valence-corrected chi connectivity index (χ2v) is 4.79. The van der Waals surface area contributed by atoms with Gasteiger partial charge in [-0.05, 0) is 17.9 Å². The highest BCUT2D eigenvalue weighted by Gasteiger charge is 2.20. The van der Waals surface area contributed by atoms with Crippen molar-refractivity contribution in [2.45, 2.75) is 6.92 Å². The van der Waals surface area contributed by atoms with Crippen LogP contribution in [-0.4, -0.2) is 26.9 Å². The van der Waals surface area contributed by atoms with Crippen molar-refractivity contribution in [1.82, 2.24) is 4.98 Å². The number of thiophene rings is 1. The first-order valence-electron chi connectivity index (χ1n) is 5.35. The maximum atomic E-state index is 11.9. The van der Waals surface area contributed by atoms with E-state index in [4.69, 9.17) is 5.11 Å². The summed E-state index contributed by atoms with van der Waals surface area (Å²) in [5, 5.41) is 23.6. The number of hydrogen-bond acceptors (Lipinski definition) is 5. The lowest BCUT2D eigenvalue weighted by Gasteiger charge is -2.04. The molecule has 0 bridgehead atoms. The number of nitrogens with zero attached hydrogens (tertiary/aromatic N) is 1. The Hall–Kier alpha value is -2.68. The number of anilines is 1. The molecular weight excluding hydrogens is 286 g/mol. The first kappa shape index (κ1) is 13.7. The van der Waals surface area contributed by atoms with Gasteiger partial charge in [-0.3, -0.25) is 14.9 Å². The molecule has 0 aliphatic carbocycles. The highest BCUT2D eigenvalue weighted by Crippen LogP contribution is 2.28. The molecule has 8 nitrogen and oxygen atoms in total. The van der Waals surface area contributed by atoms with Gasteiger partial charge in [0.15, 0.2) is 0 Å². The van der Waals surface area contributed by atoms with Gasteiger partial charge in [0.1, 0.15) is 10.6 Å². The van der Waals surface area contributed by atoms with E-state index >= 15 is 0 Å². The fraction of sp³-hybridized carbons (Fsp3) is 0.0909. The van der Waals surface area contributed by atoms with E-state index in [1.54, 1.807) is 12.3 Å². The van der Waals surface area contributed by atoms with E-state index in [9.17, 15) is 19.7 Å². The summed E-state index contributed by atoms with van der Waals surface area (Å²) < 4.78 is 0. The number of H-pyrrole nitrogens is 1. The van der Waals surface area contributed by atoms with Crippen LogP contribution in [0, 0.1) is 17.0 Å². The second kappa shape index (κ2) is 5.13. The molecule has 0 unspecified atom stereocenters. The topological polar surface area (TPSA) is 125 Å². The molecule has 9 heteroatoms. The van der Waals surface area contributed by atoms with Gasteiger partial charge in [0.2, 0.25) is 0 Å². The number of rotatable bonds is 4. The van der Waals surface area contributed by atoms with E-state index in [-0.39, 0.29) is 21.9 Å². The third-order valence-corrected chi connectivity index (χ3v) is 3.62. The van der Waals surface area contributed by atoms with Gasteiger partial charge in [-0.15, -0.1) is 11.3 Å². The molecule has 0 aromatic carbocycles. The van der Waals surface area contributed by atoms with Crippen LogP contribution in [0.2, 0.25) is 0 Å². The number of nitro groups is 1. The van der Waals surface area contributed by atoms with Crippen LogP contribution < -0.4 is 5.32 Å². The van der Waals surface area contributed by atoms with E-state index in [0.29, 0.717) is 5.56 Å². The zero-order chi connectivity index (χ0) is 14.9. The number of carbonyl (C=O) groups is 2. The monoisotopic (exact) mass is 295 g/mol. The first-order valence-corrected chi connectivity index (χ1v) is 6.23. The normalized spacial score (nSPS) is 10.2. The SMILES string of the molecule is Cc1csc(C(=O)O)c1NC(=O)c1cc([N+](=O)[O-])c[nH]1. The summed E-state index contributed by atoms with van der Waals surface area (Å²) in [7, 11) is 0. The number of carbonyl (C=O) groups excluding carboxylic acids is 1. The Labute approximate surface area is 116 Å². The molecule has 2 heterocycles. The average molecular weight is 295 g/mol. The van der Waals surface area contributed by atoms with Crippen molar-refractivity contribution in [1.29, 1.82) is 0 Å². The van der Waals surface area contributed by atoms with Crippen molar-refractivity contribution in [3.8, 4) is 0 Å². The Kier molecular flexibility index (Phi) is 3.53. The first-order chi connectivity index (χ1) is 9.40. The van der Waals surface area contributed by atoms with E-state index in [2.05, 4.69) is 10.3 Å². The fourth-order valence-corrected chi connectivity index (χ4v) is 2.40. The van der Waals surface area contributed by atoms with Crippen molar-refractivity contribution in [2.24, 2.45) is 0 Å². The van der Waals surface area contributed by atoms with Crippen molar-refractivity contribution < 1.29 is 19.6 Å². The highest BCUT2D eigenvalue weighted by atomic mass is 32.1. The van der Waals surface area contributed by atoms with Gasteiger partial charge in [0.05, 0.1) is 16.8 Å². The van der Waals surface area contributed by atoms with Crippen LogP contribution in [0.3, 0.4) is 0 Å². The van der Waals surface area contributed by atoms with Gasteiger partial charge in [-0.25, -0.2) is 4.79 Å². The van der Waals surface area contributed by atoms with Gasteiger partial charge >= 0.3 is 5.97 Å². The molecule has 2 rings (SSSR count). The summed E-state index contributed by atoms with van der Waals surface area (Å²) in [5.74, 6) is -1.78. The number of hydrogen-bond donors (Lipinski definition) is 3. The molecule has 0 saturated carbocycles. The van der Waals surface area contributed by atoms with E-state index < -0.39 is 16.8 Å². The minimum absolute atomic E-state index is 0.0110. The van der Waals surface area contributed by atoms with Crippen LogP contribution in [0.1, 0.15) is 25.7 Å². The Morgan fingerprint density at radius 3 is 2.75 bits per heavy atom. The molecule has 0 aliphatic rings. The molecule has 1 amide bonds. The van der Waals surface area contributed by atoms with Crippen molar-refractivity contribution in [3.63, 3.8) is 0 Å². The maximum absolute atomic E-state index is 11.9. The van der Waals surface area contributed by atoms with Crippen molar-refractivity contribution >= 4 is 34.6 Å². The van der Waals surface area contributed by atoms with Gasteiger partial charge in [-0.2, -0.15) is 0 Å². The van der Waals surface area contributed by atoms with Crippen LogP contribution in [0.5, 0.6) is 0 Å². The summed E-state index contributed by atoms with van der Waals surface area (Å²) in [4.78, 5) is 35.3. The summed E-state index contributed by atoms with van der Waals surface area (Å²) >= 11 is 0.999.